The summed E-state index contributed by atoms with van der Waals surface area (Å²) in [5, 5.41) is 0. The van der Waals surface area contributed by atoms with Gasteiger partial charge >= 0.3 is 0 Å². The van der Waals surface area contributed by atoms with Gasteiger partial charge in [0.05, 0.1) is 6.54 Å². The maximum absolute atomic E-state index is 12.1. The van der Waals surface area contributed by atoms with Crippen LogP contribution < -0.4 is 5.56 Å². The monoisotopic (exact) mass is 287 g/mol. The molecular weight excluding hydrogens is 270 g/mol. The van der Waals surface area contributed by atoms with Crippen molar-refractivity contribution in [1.29, 1.82) is 0 Å². The fourth-order valence-electron chi connectivity index (χ4n) is 2.72. The van der Waals surface area contributed by atoms with Gasteiger partial charge in [-0.25, -0.2) is 0 Å². The molecule has 0 aromatic carbocycles. The van der Waals surface area contributed by atoms with Crippen molar-refractivity contribution in [2.45, 2.75) is 39.2 Å². The van der Waals surface area contributed by atoms with Crippen LogP contribution in [0.5, 0.6) is 0 Å². The molecule has 0 unspecified atom stereocenters. The molecule has 0 fully saturated rings. The molecule has 0 saturated carbocycles. The summed E-state index contributed by atoms with van der Waals surface area (Å²) in [6.07, 6.45) is 3.29. The Labute approximate surface area is 121 Å². The largest absolute Gasteiger partial charge is 0.307 e. The number of ketones is 1. The highest BCUT2D eigenvalue weighted by Crippen LogP contribution is 2.22. The van der Waals surface area contributed by atoms with Crippen molar-refractivity contribution in [2.24, 2.45) is 0 Å². The van der Waals surface area contributed by atoms with E-state index in [1.165, 1.54) is 15.8 Å². The number of aryl methyl sites for hydroxylation is 1. The summed E-state index contributed by atoms with van der Waals surface area (Å²) in [6, 6.07) is 7.42. The van der Waals surface area contributed by atoms with Gasteiger partial charge in [0, 0.05) is 33.5 Å². The Morgan fingerprint density at radius 3 is 2.65 bits per heavy atom. The van der Waals surface area contributed by atoms with E-state index in [1.807, 2.05) is 0 Å². The summed E-state index contributed by atoms with van der Waals surface area (Å²) in [4.78, 5) is 26.6. The lowest BCUT2D eigenvalue weighted by atomic mass is 9.94. The molecule has 0 N–H and O–H groups in total. The van der Waals surface area contributed by atoms with E-state index in [-0.39, 0.29) is 11.3 Å². The van der Waals surface area contributed by atoms with E-state index >= 15 is 0 Å². The number of aromatic nitrogens is 1. The molecule has 1 aliphatic carbocycles. The zero-order valence-electron chi connectivity index (χ0n) is 11.5. The Hall–Kier alpha value is -1.68. The Bertz CT molecular complexity index is 712. The SMILES string of the molecule is CCc1ccc(Cn2c3c(ccc2=O)C(=O)CCC3)s1. The summed E-state index contributed by atoms with van der Waals surface area (Å²) in [7, 11) is 0. The average Bonchev–Trinajstić information content (AvgIpc) is 2.90. The van der Waals surface area contributed by atoms with Gasteiger partial charge in [-0.15, -0.1) is 11.3 Å². The normalized spacial score (nSPS) is 14.3. The van der Waals surface area contributed by atoms with Crippen LogP contribution in [0.1, 0.15) is 45.6 Å². The summed E-state index contributed by atoms with van der Waals surface area (Å²) in [6.45, 7) is 2.71. The zero-order chi connectivity index (χ0) is 14.1. The molecule has 0 saturated heterocycles. The van der Waals surface area contributed by atoms with Gasteiger partial charge in [-0.05, 0) is 37.5 Å². The maximum atomic E-state index is 12.1. The van der Waals surface area contributed by atoms with Crippen LogP contribution in [0.25, 0.3) is 0 Å². The maximum Gasteiger partial charge on any atom is 0.251 e. The van der Waals surface area contributed by atoms with E-state index in [0.29, 0.717) is 13.0 Å². The van der Waals surface area contributed by atoms with Gasteiger partial charge in [-0.1, -0.05) is 6.92 Å². The number of carbonyl (C=O) groups is 1. The molecule has 20 heavy (non-hydrogen) atoms. The summed E-state index contributed by atoms with van der Waals surface area (Å²) >= 11 is 1.74. The van der Waals surface area contributed by atoms with Gasteiger partial charge in [-0.2, -0.15) is 0 Å². The van der Waals surface area contributed by atoms with E-state index in [1.54, 1.807) is 22.0 Å². The molecule has 3 rings (SSSR count). The minimum absolute atomic E-state index is 0.00935. The Morgan fingerprint density at radius 1 is 1.10 bits per heavy atom. The fraction of sp³-hybridized carbons (Fsp3) is 0.375. The number of nitrogens with zero attached hydrogens (tertiary/aromatic N) is 1. The van der Waals surface area contributed by atoms with Crippen LogP contribution in [0.2, 0.25) is 0 Å². The molecule has 0 radical (unpaired) electrons. The minimum Gasteiger partial charge on any atom is -0.307 e. The number of hydrogen-bond donors (Lipinski definition) is 0. The number of Topliss-reactive ketones (excluding diaryl/α,β-unsaturated/α-hetero) is 1. The minimum atomic E-state index is -0.00935. The Balaban J connectivity index is 2.02. The van der Waals surface area contributed by atoms with Crippen molar-refractivity contribution in [2.75, 3.05) is 0 Å². The van der Waals surface area contributed by atoms with Crippen LogP contribution >= 0.6 is 11.3 Å². The number of rotatable bonds is 3. The van der Waals surface area contributed by atoms with Crippen LogP contribution in [0.3, 0.4) is 0 Å². The van der Waals surface area contributed by atoms with Crippen molar-refractivity contribution >= 4 is 17.1 Å². The van der Waals surface area contributed by atoms with Gasteiger partial charge in [-0.3, -0.25) is 9.59 Å². The highest BCUT2D eigenvalue weighted by molar-refractivity contribution is 7.11. The van der Waals surface area contributed by atoms with Gasteiger partial charge in [0.15, 0.2) is 5.78 Å². The van der Waals surface area contributed by atoms with Crippen molar-refractivity contribution in [3.05, 3.63) is 55.6 Å². The second-order valence-electron chi connectivity index (χ2n) is 5.12. The molecule has 2 aromatic heterocycles. The quantitative estimate of drug-likeness (QED) is 0.870. The lowest BCUT2D eigenvalue weighted by molar-refractivity contribution is 0.0970. The fourth-order valence-corrected chi connectivity index (χ4v) is 3.67. The third kappa shape index (κ3) is 2.36. The highest BCUT2D eigenvalue weighted by atomic mass is 32.1. The number of fused-ring (bicyclic) bond motifs is 1. The standard InChI is InChI=1S/C16H17NO2S/c1-2-11-6-7-12(20-11)10-17-14-4-3-5-15(18)13(14)8-9-16(17)19/h6-9H,2-5,10H2,1H3. The van der Waals surface area contributed by atoms with Crippen molar-refractivity contribution < 1.29 is 4.79 Å². The predicted octanol–water partition coefficient (Wildman–Crippen LogP) is 3.04. The van der Waals surface area contributed by atoms with E-state index in [2.05, 4.69) is 19.1 Å². The van der Waals surface area contributed by atoms with Crippen LogP contribution in [-0.4, -0.2) is 10.4 Å². The van der Waals surface area contributed by atoms with Gasteiger partial charge < -0.3 is 4.57 Å². The molecule has 0 atom stereocenters. The van der Waals surface area contributed by atoms with E-state index in [9.17, 15) is 9.59 Å². The Kier molecular flexibility index (Phi) is 3.57. The molecule has 2 heterocycles. The van der Waals surface area contributed by atoms with Gasteiger partial charge in [0.1, 0.15) is 0 Å². The average molecular weight is 287 g/mol. The molecule has 0 amide bonds. The number of pyridine rings is 1. The topological polar surface area (TPSA) is 39.1 Å². The highest BCUT2D eigenvalue weighted by Gasteiger charge is 2.20. The molecule has 0 spiro atoms. The number of thiophene rings is 1. The molecular formula is C16H17NO2S. The van der Waals surface area contributed by atoms with Crippen LogP contribution in [0, 0.1) is 0 Å². The van der Waals surface area contributed by atoms with Crippen molar-refractivity contribution in [3.63, 3.8) is 0 Å². The number of hydrogen-bond acceptors (Lipinski definition) is 3. The molecule has 2 aromatic rings. The van der Waals surface area contributed by atoms with Gasteiger partial charge in [0.25, 0.3) is 5.56 Å². The van der Waals surface area contributed by atoms with Crippen LogP contribution in [0.15, 0.2) is 29.1 Å². The van der Waals surface area contributed by atoms with Crippen LogP contribution in [-0.2, 0) is 19.4 Å². The summed E-state index contributed by atoms with van der Waals surface area (Å²) in [5.74, 6) is 0.167. The first-order chi connectivity index (χ1) is 9.69. The molecule has 0 bridgehead atoms. The van der Waals surface area contributed by atoms with E-state index in [0.717, 1.165) is 30.5 Å². The second kappa shape index (κ2) is 5.37. The molecule has 3 nitrogen and oxygen atoms in total. The third-order valence-electron chi connectivity index (χ3n) is 3.79. The molecule has 104 valence electrons. The first-order valence-corrected chi connectivity index (χ1v) is 7.84. The molecule has 0 aliphatic heterocycles. The first kappa shape index (κ1) is 13.3. The van der Waals surface area contributed by atoms with Crippen LogP contribution in [0.4, 0.5) is 0 Å². The lowest BCUT2D eigenvalue weighted by Gasteiger charge is -2.19. The predicted molar refractivity (Wildman–Crippen MR) is 80.8 cm³/mol. The first-order valence-electron chi connectivity index (χ1n) is 7.02. The summed E-state index contributed by atoms with van der Waals surface area (Å²) < 4.78 is 1.78. The smallest absolute Gasteiger partial charge is 0.251 e. The summed E-state index contributed by atoms with van der Waals surface area (Å²) in [5.41, 5.74) is 1.65. The lowest BCUT2D eigenvalue weighted by Crippen LogP contribution is -2.28. The second-order valence-corrected chi connectivity index (χ2v) is 6.37. The molecule has 1 aliphatic rings. The number of carbonyl (C=O) groups excluding carboxylic acids is 1. The van der Waals surface area contributed by atoms with E-state index < -0.39 is 0 Å². The molecule has 4 heteroatoms. The zero-order valence-corrected chi connectivity index (χ0v) is 12.3. The van der Waals surface area contributed by atoms with E-state index in [4.69, 9.17) is 0 Å². The van der Waals surface area contributed by atoms with Crippen molar-refractivity contribution in [3.8, 4) is 0 Å². The Morgan fingerprint density at radius 2 is 1.90 bits per heavy atom. The van der Waals surface area contributed by atoms with Gasteiger partial charge in [0.2, 0.25) is 0 Å². The third-order valence-corrected chi connectivity index (χ3v) is 5.01. The van der Waals surface area contributed by atoms with Crippen molar-refractivity contribution in [1.82, 2.24) is 4.57 Å².